The molecule has 0 aliphatic heterocycles. The van der Waals surface area contributed by atoms with Gasteiger partial charge in [-0.25, -0.2) is 0 Å². The number of hydrogen-bond donors (Lipinski definition) is 5. The van der Waals surface area contributed by atoms with Crippen LogP contribution in [0.15, 0.2) is 103 Å². The first-order valence-corrected chi connectivity index (χ1v) is 14.7. The third-order valence-corrected chi connectivity index (χ3v) is 6.53. The van der Waals surface area contributed by atoms with Crippen molar-refractivity contribution in [1.29, 1.82) is 0 Å². The molecule has 0 unspecified atom stereocenters. The Labute approximate surface area is 279 Å². The van der Waals surface area contributed by atoms with E-state index in [-0.39, 0.29) is 0 Å². The van der Waals surface area contributed by atoms with E-state index in [9.17, 15) is 0 Å². The van der Waals surface area contributed by atoms with Gasteiger partial charge in [-0.1, -0.05) is 47.0 Å². The van der Waals surface area contributed by atoms with E-state index in [1.807, 2.05) is 75.4 Å². The molecule has 0 spiro atoms. The lowest BCUT2D eigenvalue weighted by Gasteiger charge is -2.05. The number of benzene rings is 5. The molecule has 0 saturated carbocycles. The van der Waals surface area contributed by atoms with Crippen molar-refractivity contribution in [2.24, 2.45) is 0 Å². The van der Waals surface area contributed by atoms with Gasteiger partial charge in [0, 0.05) is 33.8 Å². The van der Waals surface area contributed by atoms with Gasteiger partial charge in [-0.05, 0) is 112 Å². The fraction of sp³-hybridized carbons (Fsp3) is 0.189. The molecular formula is C37H48ClN5O3. The summed E-state index contributed by atoms with van der Waals surface area (Å²) in [5.74, 6) is 2.23. The maximum absolute atomic E-state index is 5.66. The zero-order valence-electron chi connectivity index (χ0n) is 27.8. The van der Waals surface area contributed by atoms with Crippen LogP contribution in [0.5, 0.6) is 17.2 Å². The molecule has 5 rings (SSSR count). The summed E-state index contributed by atoms with van der Waals surface area (Å²) in [5.41, 5.74) is 36.1. The molecule has 46 heavy (non-hydrogen) atoms. The van der Waals surface area contributed by atoms with Crippen LogP contribution in [-0.2, 0) is 0 Å². The maximum Gasteiger partial charge on any atom is 0.145 e. The highest BCUT2D eigenvalue weighted by Gasteiger charge is 1.99. The molecule has 0 fully saturated rings. The molecule has 0 radical (unpaired) electrons. The second kappa shape index (κ2) is 20.7. The molecule has 246 valence electrons. The number of nitrogens with two attached hydrogens (primary N) is 5. The number of rotatable bonds is 3. The molecule has 8 nitrogen and oxygen atoms in total. The maximum atomic E-state index is 5.66. The van der Waals surface area contributed by atoms with Crippen molar-refractivity contribution < 1.29 is 14.2 Å². The van der Waals surface area contributed by atoms with E-state index in [2.05, 4.69) is 13.0 Å². The predicted octanol–water partition coefficient (Wildman–Crippen LogP) is 8.26. The summed E-state index contributed by atoms with van der Waals surface area (Å²) in [6.45, 7) is 8.05. The molecule has 10 N–H and O–H groups in total. The van der Waals surface area contributed by atoms with Gasteiger partial charge in [-0.2, -0.15) is 0 Å². The molecule has 0 amide bonds. The minimum Gasteiger partial charge on any atom is -0.497 e. The Morgan fingerprint density at radius 1 is 0.435 bits per heavy atom. The summed E-state index contributed by atoms with van der Waals surface area (Å²) in [6, 6.07) is 31.8. The molecular weight excluding hydrogens is 598 g/mol. The molecule has 0 bridgehead atoms. The summed E-state index contributed by atoms with van der Waals surface area (Å²) in [7, 11) is 4.81. The van der Waals surface area contributed by atoms with Gasteiger partial charge in [0.1, 0.15) is 17.2 Å². The zero-order chi connectivity index (χ0) is 34.6. The van der Waals surface area contributed by atoms with E-state index in [4.69, 9.17) is 54.5 Å². The van der Waals surface area contributed by atoms with E-state index >= 15 is 0 Å². The Hall–Kier alpha value is -5.21. The van der Waals surface area contributed by atoms with Gasteiger partial charge in [-0.15, -0.1) is 0 Å². The summed E-state index contributed by atoms with van der Waals surface area (Å²) in [6.07, 6.45) is 0. The summed E-state index contributed by atoms with van der Waals surface area (Å²) in [5, 5.41) is 0.738. The minimum atomic E-state index is 0.619. The Bertz CT molecular complexity index is 1520. The highest BCUT2D eigenvalue weighted by Crippen LogP contribution is 2.25. The largest absolute Gasteiger partial charge is 0.497 e. The highest BCUT2D eigenvalue weighted by molar-refractivity contribution is 6.30. The van der Waals surface area contributed by atoms with Crippen LogP contribution in [0.4, 0.5) is 28.4 Å². The second-order valence-corrected chi connectivity index (χ2v) is 10.6. The number of ether oxygens (including phenoxy) is 3. The Morgan fingerprint density at radius 2 is 0.870 bits per heavy atom. The lowest BCUT2D eigenvalue weighted by atomic mass is 10.1. The molecule has 0 aliphatic rings. The quantitative estimate of drug-likeness (QED) is 0.123. The summed E-state index contributed by atoms with van der Waals surface area (Å²) >= 11 is 5.66. The molecule has 9 heteroatoms. The van der Waals surface area contributed by atoms with E-state index < -0.39 is 0 Å². The van der Waals surface area contributed by atoms with Crippen molar-refractivity contribution in [3.05, 3.63) is 130 Å². The highest BCUT2D eigenvalue weighted by atomic mass is 35.5. The number of nitrogen functional groups attached to an aromatic ring is 5. The molecule has 5 aromatic carbocycles. The lowest BCUT2D eigenvalue weighted by molar-refractivity contribution is 0.395. The monoisotopic (exact) mass is 645 g/mol. The van der Waals surface area contributed by atoms with Gasteiger partial charge in [0.05, 0.1) is 27.0 Å². The fourth-order valence-corrected chi connectivity index (χ4v) is 3.68. The molecule has 0 aromatic heterocycles. The van der Waals surface area contributed by atoms with Crippen molar-refractivity contribution in [3.63, 3.8) is 0 Å². The molecule has 0 saturated heterocycles. The van der Waals surface area contributed by atoms with Crippen LogP contribution >= 0.6 is 11.6 Å². The Kier molecular flexibility index (Phi) is 17.5. The Balaban J connectivity index is 0.000000289. The van der Waals surface area contributed by atoms with Gasteiger partial charge in [0.25, 0.3) is 0 Å². The van der Waals surface area contributed by atoms with Crippen LogP contribution < -0.4 is 42.9 Å². The van der Waals surface area contributed by atoms with Gasteiger partial charge < -0.3 is 42.9 Å². The van der Waals surface area contributed by atoms with Crippen LogP contribution in [0.2, 0.25) is 5.02 Å². The van der Waals surface area contributed by atoms with Crippen LogP contribution in [-0.4, -0.2) is 21.3 Å². The summed E-state index contributed by atoms with van der Waals surface area (Å²) < 4.78 is 14.9. The van der Waals surface area contributed by atoms with E-state index in [1.165, 1.54) is 11.1 Å². The molecule has 5 aromatic rings. The first kappa shape index (κ1) is 38.8. The van der Waals surface area contributed by atoms with Gasteiger partial charge in [-0.3, -0.25) is 0 Å². The fourth-order valence-electron chi connectivity index (χ4n) is 3.45. The van der Waals surface area contributed by atoms with Crippen molar-refractivity contribution in [3.8, 4) is 17.2 Å². The van der Waals surface area contributed by atoms with Gasteiger partial charge in [0.2, 0.25) is 0 Å². The second-order valence-electron chi connectivity index (χ2n) is 10.2. The van der Waals surface area contributed by atoms with Crippen LogP contribution in [0.25, 0.3) is 0 Å². The van der Waals surface area contributed by atoms with E-state index in [1.54, 1.807) is 63.8 Å². The number of hydrogen-bond acceptors (Lipinski definition) is 8. The molecule has 0 heterocycles. The Morgan fingerprint density at radius 3 is 1.28 bits per heavy atom. The standard InChI is InChI=1S/C8H11NO2.C8H11N.C7H8ClN.C7H9NO.C7H9N/c1-10-6-3-4-7(9)8(5-6)11-2;1-6-3-4-8(9)7(2)5-6;1-5-4-6(8)2-3-7(5)9;1-9-7-4-2-6(8)3-5-7;1-6-2-4-7(8)5-3-6/h3-5H,9H2,1-2H3;3-5H,9H2,1-2H3;2-4H,9H2,1H3;2-5H,8H2,1H3;2-5H,8H2,1H3. The number of halogens is 1. The van der Waals surface area contributed by atoms with E-state index in [0.717, 1.165) is 50.4 Å². The average molecular weight is 646 g/mol. The predicted molar refractivity (Wildman–Crippen MR) is 198 cm³/mol. The van der Waals surface area contributed by atoms with Crippen LogP contribution in [0, 0.1) is 27.7 Å². The minimum absolute atomic E-state index is 0.619. The first-order valence-electron chi connectivity index (χ1n) is 14.3. The number of methoxy groups -OCH3 is 3. The smallest absolute Gasteiger partial charge is 0.145 e. The molecule has 0 aliphatic carbocycles. The van der Waals surface area contributed by atoms with Crippen LogP contribution in [0.3, 0.4) is 0 Å². The van der Waals surface area contributed by atoms with Gasteiger partial charge in [0.15, 0.2) is 0 Å². The SMILES string of the molecule is COc1ccc(N)c(OC)c1.COc1ccc(N)cc1.Cc1cc(Cl)ccc1N.Cc1ccc(N)c(C)c1.Cc1ccc(N)cc1. The molecule has 0 atom stereocenters. The van der Waals surface area contributed by atoms with Crippen molar-refractivity contribution in [2.75, 3.05) is 50.0 Å². The number of anilines is 5. The van der Waals surface area contributed by atoms with Crippen molar-refractivity contribution >= 4 is 40.0 Å². The third kappa shape index (κ3) is 15.5. The first-order chi connectivity index (χ1) is 21.8. The summed E-state index contributed by atoms with van der Waals surface area (Å²) in [4.78, 5) is 0. The normalized spacial score (nSPS) is 9.30. The van der Waals surface area contributed by atoms with E-state index in [0.29, 0.717) is 11.4 Å². The zero-order valence-corrected chi connectivity index (χ0v) is 28.6. The lowest BCUT2D eigenvalue weighted by Crippen LogP contribution is -1.92. The average Bonchev–Trinajstić information content (AvgIpc) is 3.04. The number of aryl methyl sites for hydroxylation is 4. The van der Waals surface area contributed by atoms with Crippen LogP contribution in [0.1, 0.15) is 22.3 Å². The topological polar surface area (TPSA) is 158 Å². The van der Waals surface area contributed by atoms with Crippen molar-refractivity contribution in [2.45, 2.75) is 27.7 Å². The van der Waals surface area contributed by atoms with Gasteiger partial charge >= 0.3 is 0 Å². The third-order valence-electron chi connectivity index (χ3n) is 6.29. The van der Waals surface area contributed by atoms with Crippen molar-refractivity contribution in [1.82, 2.24) is 0 Å².